The van der Waals surface area contributed by atoms with Crippen LogP contribution in [0.2, 0.25) is 5.02 Å². The molecule has 1 N–H and O–H groups in total. The molecule has 1 heterocycles. The maximum atomic E-state index is 7.87. The Hall–Kier alpha value is -0.770. The molecule has 0 aliphatic carbocycles. The van der Waals surface area contributed by atoms with Crippen LogP contribution >= 0.6 is 35.3 Å². The Balaban J connectivity index is 0.00000128. The lowest BCUT2D eigenvalue weighted by Crippen LogP contribution is -2.11. The molecule has 0 bridgehead atoms. The maximum Gasteiger partial charge on any atom is 0.186 e. The molecule has 2 rings (SSSR count). The number of hydrogen-bond donors (Lipinski definition) is 1. The minimum atomic E-state index is 0. The minimum Gasteiger partial charge on any atom is -0.290 e. The number of aryl methyl sites for hydroxylation is 1. The van der Waals surface area contributed by atoms with E-state index in [-0.39, 0.29) is 12.4 Å². The van der Waals surface area contributed by atoms with Gasteiger partial charge in [-0.15, -0.1) is 23.7 Å². The number of aromatic nitrogens is 1. The fraction of sp³-hybridized carbons (Fsp3) is 0.182. The van der Waals surface area contributed by atoms with E-state index in [1.165, 1.54) is 16.2 Å². The molecule has 0 fully saturated rings. The van der Waals surface area contributed by atoms with Crippen molar-refractivity contribution in [3.8, 4) is 5.69 Å². The van der Waals surface area contributed by atoms with Crippen LogP contribution in [0.1, 0.15) is 10.6 Å². The predicted molar refractivity (Wildman–Crippen MR) is 71.2 cm³/mol. The highest BCUT2D eigenvalue weighted by Gasteiger charge is 2.06. The van der Waals surface area contributed by atoms with Crippen molar-refractivity contribution in [2.45, 2.75) is 13.8 Å². The maximum absolute atomic E-state index is 7.87. The number of benzene rings is 1. The first-order valence-electron chi connectivity index (χ1n) is 4.59. The average molecular weight is 275 g/mol. The second kappa shape index (κ2) is 5.04. The van der Waals surface area contributed by atoms with Gasteiger partial charge in [0.05, 0.1) is 0 Å². The van der Waals surface area contributed by atoms with Gasteiger partial charge in [-0.2, -0.15) is 0 Å². The Morgan fingerprint density at radius 2 is 1.75 bits per heavy atom. The molecule has 0 aliphatic heterocycles. The standard InChI is InChI=1S/C11H11ClN2S.ClH/c1-7-8(2)15-11(13)14(7)10-5-3-9(12)4-6-10;/h3-6,13H,1-2H3;1H. The molecule has 0 saturated heterocycles. The van der Waals surface area contributed by atoms with Crippen LogP contribution in [0.5, 0.6) is 0 Å². The van der Waals surface area contributed by atoms with Crippen molar-refractivity contribution in [2.24, 2.45) is 0 Å². The van der Waals surface area contributed by atoms with E-state index in [9.17, 15) is 0 Å². The Kier molecular flexibility index (Phi) is 4.19. The van der Waals surface area contributed by atoms with Crippen LogP contribution in [0.4, 0.5) is 0 Å². The molecule has 1 aromatic carbocycles. The third-order valence-electron chi connectivity index (χ3n) is 2.38. The monoisotopic (exact) mass is 274 g/mol. The summed E-state index contributed by atoms with van der Waals surface area (Å²) >= 11 is 7.32. The smallest absolute Gasteiger partial charge is 0.186 e. The molecular formula is C11H12Cl2N2S. The molecule has 2 nitrogen and oxygen atoms in total. The van der Waals surface area contributed by atoms with Crippen molar-refractivity contribution in [2.75, 3.05) is 0 Å². The van der Waals surface area contributed by atoms with Crippen molar-refractivity contribution < 1.29 is 0 Å². The quantitative estimate of drug-likeness (QED) is 0.822. The Labute approximate surface area is 109 Å². The van der Waals surface area contributed by atoms with Gasteiger partial charge in [-0.05, 0) is 38.1 Å². The highest BCUT2D eigenvalue weighted by atomic mass is 35.5. The van der Waals surface area contributed by atoms with Gasteiger partial charge in [0.1, 0.15) is 0 Å². The number of rotatable bonds is 1. The van der Waals surface area contributed by atoms with Crippen LogP contribution in [0, 0.1) is 19.3 Å². The fourth-order valence-corrected chi connectivity index (χ4v) is 2.46. The second-order valence-corrected chi connectivity index (χ2v) is 5.00. The summed E-state index contributed by atoms with van der Waals surface area (Å²) < 4.78 is 1.93. The zero-order valence-electron chi connectivity index (χ0n) is 8.95. The zero-order valence-corrected chi connectivity index (χ0v) is 11.3. The largest absolute Gasteiger partial charge is 0.290 e. The molecule has 0 aliphatic rings. The lowest BCUT2D eigenvalue weighted by molar-refractivity contribution is 0.928. The van der Waals surface area contributed by atoms with Crippen molar-refractivity contribution in [1.29, 1.82) is 5.41 Å². The average Bonchev–Trinajstić information content (AvgIpc) is 2.44. The van der Waals surface area contributed by atoms with Gasteiger partial charge in [0, 0.05) is 21.3 Å². The summed E-state index contributed by atoms with van der Waals surface area (Å²) in [4.78, 5) is 1.72. The van der Waals surface area contributed by atoms with E-state index in [4.69, 9.17) is 17.0 Å². The van der Waals surface area contributed by atoms with Crippen LogP contribution in [-0.4, -0.2) is 4.57 Å². The molecular weight excluding hydrogens is 263 g/mol. The first kappa shape index (κ1) is 13.3. The third kappa shape index (κ3) is 2.32. The molecule has 0 radical (unpaired) electrons. The Bertz CT molecular complexity index is 540. The first-order chi connectivity index (χ1) is 7.09. The summed E-state index contributed by atoms with van der Waals surface area (Å²) in [6, 6.07) is 7.55. The first-order valence-corrected chi connectivity index (χ1v) is 5.78. The number of nitrogens with one attached hydrogen (secondary N) is 1. The summed E-state index contributed by atoms with van der Waals surface area (Å²) in [5.74, 6) is 0. The van der Waals surface area contributed by atoms with Crippen LogP contribution in [0.15, 0.2) is 24.3 Å². The molecule has 2 aromatic rings. The number of nitrogens with zero attached hydrogens (tertiary/aromatic N) is 1. The highest BCUT2D eigenvalue weighted by Crippen LogP contribution is 2.17. The number of halogens is 2. The van der Waals surface area contributed by atoms with E-state index < -0.39 is 0 Å². The summed E-state index contributed by atoms with van der Waals surface area (Å²) in [6.07, 6.45) is 0. The van der Waals surface area contributed by atoms with Gasteiger partial charge in [-0.1, -0.05) is 11.6 Å². The van der Waals surface area contributed by atoms with Gasteiger partial charge in [-0.25, -0.2) is 0 Å². The van der Waals surface area contributed by atoms with Crippen LogP contribution in [0.3, 0.4) is 0 Å². The lowest BCUT2D eigenvalue weighted by atomic mass is 10.3. The van der Waals surface area contributed by atoms with Gasteiger partial charge in [0.15, 0.2) is 4.80 Å². The Morgan fingerprint density at radius 1 is 1.19 bits per heavy atom. The van der Waals surface area contributed by atoms with Gasteiger partial charge < -0.3 is 0 Å². The second-order valence-electron chi connectivity index (χ2n) is 3.36. The Morgan fingerprint density at radius 3 is 2.19 bits per heavy atom. The van der Waals surface area contributed by atoms with Gasteiger partial charge in [0.2, 0.25) is 0 Å². The topological polar surface area (TPSA) is 28.8 Å². The van der Waals surface area contributed by atoms with Crippen LogP contribution in [-0.2, 0) is 0 Å². The van der Waals surface area contributed by atoms with Crippen molar-refractivity contribution in [3.05, 3.63) is 44.7 Å². The normalized spacial score (nSPS) is 9.94. The molecule has 16 heavy (non-hydrogen) atoms. The van der Waals surface area contributed by atoms with E-state index in [1.807, 2.05) is 42.7 Å². The summed E-state index contributed by atoms with van der Waals surface area (Å²) in [7, 11) is 0. The fourth-order valence-electron chi connectivity index (χ4n) is 1.48. The lowest BCUT2D eigenvalue weighted by Gasteiger charge is -2.05. The molecule has 86 valence electrons. The van der Waals surface area contributed by atoms with E-state index in [1.54, 1.807) is 0 Å². The summed E-state index contributed by atoms with van der Waals surface area (Å²) in [5, 5.41) is 8.59. The molecule has 0 spiro atoms. The van der Waals surface area contributed by atoms with Crippen LogP contribution < -0.4 is 4.80 Å². The van der Waals surface area contributed by atoms with Gasteiger partial charge >= 0.3 is 0 Å². The molecule has 1 aromatic heterocycles. The molecule has 0 atom stereocenters. The number of hydrogen-bond acceptors (Lipinski definition) is 2. The third-order valence-corrected chi connectivity index (χ3v) is 3.61. The molecule has 5 heteroatoms. The van der Waals surface area contributed by atoms with E-state index >= 15 is 0 Å². The van der Waals surface area contributed by atoms with Crippen molar-refractivity contribution in [1.82, 2.24) is 4.57 Å². The molecule has 0 amide bonds. The molecule has 0 unspecified atom stereocenters. The number of thiazole rings is 1. The SMILES string of the molecule is Cc1sc(=N)n(-c2ccc(Cl)cc2)c1C.Cl. The summed E-state index contributed by atoms with van der Waals surface area (Å²) in [5.41, 5.74) is 2.11. The zero-order chi connectivity index (χ0) is 11.0. The van der Waals surface area contributed by atoms with E-state index in [2.05, 4.69) is 0 Å². The minimum absolute atomic E-state index is 0. The predicted octanol–water partition coefficient (Wildman–Crippen LogP) is 3.71. The highest BCUT2D eigenvalue weighted by molar-refractivity contribution is 7.09. The summed E-state index contributed by atoms with van der Waals surface area (Å²) in [6.45, 7) is 4.06. The molecule has 0 saturated carbocycles. The van der Waals surface area contributed by atoms with Crippen molar-refractivity contribution >= 4 is 35.3 Å². The van der Waals surface area contributed by atoms with E-state index in [0.29, 0.717) is 4.80 Å². The van der Waals surface area contributed by atoms with Gasteiger partial charge in [-0.3, -0.25) is 9.98 Å². The van der Waals surface area contributed by atoms with E-state index in [0.717, 1.165) is 16.4 Å². The van der Waals surface area contributed by atoms with Crippen molar-refractivity contribution in [3.63, 3.8) is 0 Å². The van der Waals surface area contributed by atoms with Gasteiger partial charge in [0.25, 0.3) is 0 Å². The van der Waals surface area contributed by atoms with Crippen LogP contribution in [0.25, 0.3) is 5.69 Å².